The molecular weight excluding hydrogens is 682 g/mol. The molecular formula is C41H40F2N4O6. The SMILES string of the molecule is Cc1c(-c2nc3cc(CNC4(O)CCCC4)ccc3o2)cccc1-c1cccc(-c2nc3cc(COC(=O)[C@@H]4CCCN4)c(OC(F)F)cc3o2)c1C. The van der Waals surface area contributed by atoms with Crippen LogP contribution in [0, 0.1) is 13.8 Å². The maximum atomic E-state index is 13.4. The van der Waals surface area contributed by atoms with E-state index in [0.29, 0.717) is 35.8 Å². The van der Waals surface area contributed by atoms with Crippen LogP contribution >= 0.6 is 0 Å². The Morgan fingerprint density at radius 2 is 1.55 bits per heavy atom. The Bertz CT molecular complexity index is 2310. The summed E-state index contributed by atoms with van der Waals surface area (Å²) >= 11 is 0. The Labute approximate surface area is 304 Å². The second-order valence-electron chi connectivity index (χ2n) is 14.0. The van der Waals surface area contributed by atoms with Crippen LogP contribution in [-0.4, -0.2) is 46.0 Å². The molecule has 0 amide bonds. The number of nitrogens with zero attached hydrogens (tertiary/aromatic N) is 2. The lowest BCUT2D eigenvalue weighted by atomic mass is 9.91. The maximum absolute atomic E-state index is 13.4. The number of halogens is 2. The molecule has 4 aromatic carbocycles. The Balaban J connectivity index is 1.07. The van der Waals surface area contributed by atoms with Crippen molar-refractivity contribution in [2.45, 2.75) is 83.9 Å². The Kier molecular flexibility index (Phi) is 9.44. The summed E-state index contributed by atoms with van der Waals surface area (Å²) in [6.07, 6.45) is 5.10. The van der Waals surface area contributed by atoms with Crippen LogP contribution in [0.1, 0.15) is 60.8 Å². The average molecular weight is 723 g/mol. The number of carbonyl (C=O) groups is 1. The number of fused-ring (bicyclic) bond motifs is 2. The number of hydrogen-bond acceptors (Lipinski definition) is 10. The molecule has 0 unspecified atom stereocenters. The fourth-order valence-corrected chi connectivity index (χ4v) is 7.49. The van der Waals surface area contributed by atoms with E-state index >= 15 is 0 Å². The first-order chi connectivity index (χ1) is 25.6. The summed E-state index contributed by atoms with van der Waals surface area (Å²) < 4.78 is 49.4. The molecule has 1 aliphatic carbocycles. The molecule has 6 aromatic rings. The zero-order chi connectivity index (χ0) is 36.7. The molecule has 1 aliphatic heterocycles. The minimum atomic E-state index is -3.08. The summed E-state index contributed by atoms with van der Waals surface area (Å²) in [7, 11) is 0. The highest BCUT2D eigenvalue weighted by Gasteiger charge is 2.30. The van der Waals surface area contributed by atoms with Crippen molar-refractivity contribution in [3.05, 3.63) is 89.0 Å². The molecule has 1 atom stereocenters. The Morgan fingerprint density at radius 3 is 2.19 bits per heavy atom. The van der Waals surface area contributed by atoms with E-state index in [4.69, 9.17) is 28.3 Å². The van der Waals surface area contributed by atoms with Gasteiger partial charge in [0.25, 0.3) is 0 Å². The van der Waals surface area contributed by atoms with Crippen molar-refractivity contribution in [2.24, 2.45) is 0 Å². The first-order valence-electron chi connectivity index (χ1n) is 18.0. The summed E-state index contributed by atoms with van der Waals surface area (Å²) in [5, 5.41) is 17.1. The molecule has 274 valence electrons. The molecule has 3 N–H and O–H groups in total. The van der Waals surface area contributed by atoms with E-state index in [1.807, 2.05) is 68.4 Å². The van der Waals surface area contributed by atoms with E-state index in [2.05, 4.69) is 10.6 Å². The van der Waals surface area contributed by atoms with Gasteiger partial charge in [-0.15, -0.1) is 0 Å². The molecule has 0 radical (unpaired) electrons. The number of rotatable bonds is 11. The van der Waals surface area contributed by atoms with Gasteiger partial charge in [-0.2, -0.15) is 8.78 Å². The first-order valence-corrected chi connectivity index (χ1v) is 18.0. The van der Waals surface area contributed by atoms with Crippen LogP contribution in [-0.2, 0) is 22.7 Å². The molecule has 3 heterocycles. The number of carbonyl (C=O) groups excluding carboxylic acids is 1. The van der Waals surface area contributed by atoms with Gasteiger partial charge in [0.2, 0.25) is 11.8 Å². The van der Waals surface area contributed by atoms with Crippen LogP contribution in [0.2, 0.25) is 0 Å². The van der Waals surface area contributed by atoms with Gasteiger partial charge in [-0.05, 0) is 117 Å². The number of nitrogens with one attached hydrogen (secondary N) is 2. The third-order valence-electron chi connectivity index (χ3n) is 10.4. The number of hydrogen-bond donors (Lipinski definition) is 3. The molecule has 8 rings (SSSR count). The van der Waals surface area contributed by atoms with E-state index in [9.17, 15) is 18.7 Å². The third-order valence-corrected chi connectivity index (χ3v) is 10.4. The zero-order valence-corrected chi connectivity index (χ0v) is 29.5. The van der Waals surface area contributed by atoms with Gasteiger partial charge in [-0.3, -0.25) is 10.1 Å². The molecule has 10 nitrogen and oxygen atoms in total. The summed E-state index contributed by atoms with van der Waals surface area (Å²) in [4.78, 5) is 22.1. The molecule has 2 aromatic heterocycles. The number of esters is 1. The monoisotopic (exact) mass is 722 g/mol. The van der Waals surface area contributed by atoms with Crippen molar-refractivity contribution >= 4 is 28.2 Å². The van der Waals surface area contributed by atoms with Crippen molar-refractivity contribution in [1.82, 2.24) is 20.6 Å². The van der Waals surface area contributed by atoms with Gasteiger partial charge < -0.3 is 28.7 Å². The molecule has 1 saturated carbocycles. The average Bonchev–Trinajstić information content (AvgIpc) is 3.97. The smallest absolute Gasteiger partial charge is 0.387 e. The van der Waals surface area contributed by atoms with Crippen molar-refractivity contribution in [3.63, 3.8) is 0 Å². The number of aromatic nitrogens is 2. The highest BCUT2D eigenvalue weighted by Crippen LogP contribution is 2.39. The lowest BCUT2D eigenvalue weighted by Crippen LogP contribution is -2.41. The van der Waals surface area contributed by atoms with Gasteiger partial charge in [0.05, 0.1) is 0 Å². The summed E-state index contributed by atoms with van der Waals surface area (Å²) in [5.74, 6) is 0.237. The Morgan fingerprint density at radius 1 is 0.906 bits per heavy atom. The van der Waals surface area contributed by atoms with Gasteiger partial charge in [0.1, 0.15) is 35.2 Å². The second kappa shape index (κ2) is 14.3. The van der Waals surface area contributed by atoms with Crippen LogP contribution in [0.15, 0.2) is 75.6 Å². The van der Waals surface area contributed by atoms with Gasteiger partial charge in [-0.1, -0.05) is 30.3 Å². The topological polar surface area (TPSA) is 132 Å². The van der Waals surface area contributed by atoms with Crippen molar-refractivity contribution in [3.8, 4) is 39.8 Å². The van der Waals surface area contributed by atoms with E-state index in [1.165, 1.54) is 6.07 Å². The van der Waals surface area contributed by atoms with Gasteiger partial charge >= 0.3 is 12.6 Å². The van der Waals surface area contributed by atoms with Crippen molar-refractivity contribution in [2.75, 3.05) is 6.54 Å². The second-order valence-corrected chi connectivity index (χ2v) is 14.0. The first kappa shape index (κ1) is 34.9. The lowest BCUT2D eigenvalue weighted by Gasteiger charge is -2.23. The highest BCUT2D eigenvalue weighted by atomic mass is 19.3. The van der Waals surface area contributed by atoms with Gasteiger partial charge in [0, 0.05) is 29.3 Å². The molecule has 1 saturated heterocycles. The van der Waals surface area contributed by atoms with Crippen LogP contribution in [0.25, 0.3) is 56.2 Å². The van der Waals surface area contributed by atoms with Crippen LogP contribution in [0.4, 0.5) is 8.78 Å². The van der Waals surface area contributed by atoms with E-state index in [1.54, 1.807) is 6.07 Å². The van der Waals surface area contributed by atoms with Crippen LogP contribution in [0.5, 0.6) is 5.75 Å². The molecule has 2 fully saturated rings. The van der Waals surface area contributed by atoms with E-state index in [-0.39, 0.29) is 23.5 Å². The molecule has 2 aliphatic rings. The quantitative estimate of drug-likeness (QED) is 0.0886. The zero-order valence-electron chi connectivity index (χ0n) is 29.5. The fourth-order valence-electron chi connectivity index (χ4n) is 7.49. The largest absolute Gasteiger partial charge is 0.460 e. The van der Waals surface area contributed by atoms with Crippen LogP contribution < -0.4 is 15.4 Å². The summed E-state index contributed by atoms with van der Waals surface area (Å²) in [6.45, 7) is 1.96. The minimum absolute atomic E-state index is 0.144. The number of oxazole rings is 2. The molecule has 0 spiro atoms. The minimum Gasteiger partial charge on any atom is -0.460 e. The number of aliphatic hydroxyl groups is 1. The highest BCUT2D eigenvalue weighted by molar-refractivity contribution is 5.85. The summed E-state index contributed by atoms with van der Waals surface area (Å²) in [5.41, 5.74) is 7.96. The van der Waals surface area contributed by atoms with Crippen molar-refractivity contribution < 1.29 is 37.0 Å². The summed E-state index contributed by atoms with van der Waals surface area (Å²) in [6, 6.07) is 20.2. The van der Waals surface area contributed by atoms with Gasteiger partial charge in [-0.25, -0.2) is 9.97 Å². The predicted octanol–water partition coefficient (Wildman–Crippen LogP) is 8.34. The maximum Gasteiger partial charge on any atom is 0.387 e. The standard InChI is InChI=1S/C41H40F2N4O6/c1-23-27(8-5-10-29(23)37-46-32-18-25(13-14-34(32)51-37)21-45-41(49)15-3-4-16-41)28-9-6-11-30(24(28)2)38-47-33-19-26(22-50-39(48)31-12-7-17-44-31)35(53-40(42)43)20-36(33)52-38/h5-6,8-11,13-14,18-20,31,40,44-45,49H,3-4,7,12,15-17,21-22H2,1-2H3/t31-/m0/s1. The molecule has 53 heavy (non-hydrogen) atoms. The fraction of sp³-hybridized carbons (Fsp3) is 0.341. The van der Waals surface area contributed by atoms with E-state index < -0.39 is 24.3 Å². The number of alkyl halides is 2. The van der Waals surface area contributed by atoms with Gasteiger partial charge in [0.15, 0.2) is 11.2 Å². The van der Waals surface area contributed by atoms with Crippen LogP contribution in [0.3, 0.4) is 0 Å². The normalized spacial score (nSPS) is 17.0. The third kappa shape index (κ3) is 7.14. The Hall–Kier alpha value is -5.17. The molecule has 0 bridgehead atoms. The molecule has 12 heteroatoms. The van der Waals surface area contributed by atoms with Crippen molar-refractivity contribution in [1.29, 1.82) is 0 Å². The predicted molar refractivity (Wildman–Crippen MR) is 195 cm³/mol. The number of benzene rings is 4. The lowest BCUT2D eigenvalue weighted by molar-refractivity contribution is -0.147. The number of ether oxygens (including phenoxy) is 2. The van der Waals surface area contributed by atoms with E-state index in [0.717, 1.165) is 83.1 Å².